The molecule has 2 heterocycles. The summed E-state index contributed by atoms with van der Waals surface area (Å²) in [5.41, 5.74) is 2.45. The van der Waals surface area contributed by atoms with Gasteiger partial charge in [0.05, 0.1) is 33.5 Å². The number of thiol groups is 1. The number of allylic oxidation sites excluding steroid dienone is 1. The van der Waals surface area contributed by atoms with Crippen molar-refractivity contribution in [3.8, 4) is 0 Å². The molecule has 0 spiro atoms. The van der Waals surface area contributed by atoms with Crippen LogP contribution >= 0.6 is 148 Å². The van der Waals surface area contributed by atoms with Crippen molar-refractivity contribution in [2.24, 2.45) is 0 Å². The molecule has 1 saturated heterocycles. The third kappa shape index (κ3) is 24.7. The zero-order chi connectivity index (χ0) is 50.7. The number of hydrogen-bond acceptors (Lipinski definition) is 8. The highest BCUT2D eigenvalue weighted by molar-refractivity contribution is 7.99. The van der Waals surface area contributed by atoms with E-state index in [-0.39, 0.29) is 24.0 Å². The fraction of sp³-hybridized carbons (Fsp3) is 0.180. The van der Waals surface area contributed by atoms with E-state index in [2.05, 4.69) is 31.0 Å². The summed E-state index contributed by atoms with van der Waals surface area (Å²) >= 11 is 46.2. The molecule has 0 aliphatic carbocycles. The first-order valence-corrected chi connectivity index (χ1v) is 31.0. The molecule has 19 heteroatoms. The van der Waals surface area contributed by atoms with Gasteiger partial charge in [0.1, 0.15) is 5.44 Å². The van der Waals surface area contributed by atoms with E-state index in [0.717, 1.165) is 35.8 Å². The Balaban J connectivity index is 0.000000314. The first-order valence-electron chi connectivity index (χ1n) is 20.6. The smallest absolute Gasteiger partial charge is 0.502 e. The van der Waals surface area contributed by atoms with E-state index in [4.69, 9.17) is 121 Å². The Kier molecular flexibility index (Phi) is 31.0. The summed E-state index contributed by atoms with van der Waals surface area (Å²) in [6, 6.07) is 39.1. The fourth-order valence-corrected chi connectivity index (χ4v) is 8.56. The lowest BCUT2D eigenvalue weighted by Gasteiger charge is -2.21. The number of rotatable bonds is 8. The molecule has 2 aliphatic rings. The topological polar surface area (TPSA) is 69.7 Å². The largest absolute Gasteiger partial charge is 1.00 e. The van der Waals surface area contributed by atoms with E-state index >= 15 is 0 Å². The lowest BCUT2D eigenvalue weighted by Crippen LogP contribution is -2.14. The number of carbonyl (C=O) groups is 3. The van der Waals surface area contributed by atoms with Gasteiger partial charge in [0, 0.05) is 58.6 Å². The van der Waals surface area contributed by atoms with Gasteiger partial charge in [0.25, 0.3) is 5.24 Å². The molecule has 5 nitrogen and oxygen atoms in total. The number of hydrogen-bond donors (Lipinski definition) is 1. The molecule has 8 rings (SSSR count). The molecule has 2 aliphatic heterocycles. The molecule has 0 bridgehead atoms. The summed E-state index contributed by atoms with van der Waals surface area (Å²) in [6.45, 7) is 1.75. The minimum Gasteiger partial charge on any atom is -0.502 e. The average Bonchev–Trinajstić information content (AvgIpc) is 3.35. The van der Waals surface area contributed by atoms with Crippen LogP contribution in [0.25, 0.3) is 0 Å². The van der Waals surface area contributed by atoms with Crippen LogP contribution in [0.5, 0.6) is 0 Å². The van der Waals surface area contributed by atoms with Crippen molar-refractivity contribution in [2.45, 2.75) is 52.2 Å². The Morgan fingerprint density at radius 1 is 0.609 bits per heavy atom. The van der Waals surface area contributed by atoms with E-state index in [0.29, 0.717) is 52.4 Å². The standard InChI is InChI=1S/C18H16Cl2O2S.C13H8Cl2OS.C7H3Cl3O.C7H8S.C5H8O.Al.3ClH/c19-13-6-9-16(20)15(11-13)18(21)12-4-7-14(8-5-12)23-17-3-1-2-10-22-17;14-9-3-6-12(15)11(7-9)13(16)8-1-4-10(17)5-2-8;8-4-1-2-6(9)5(3-4)7(10)11;1-8-7-5-3-2-4-6-7;1-2-4-6-5-3-1;;;;/h4-9,11,17H,1-3,10H2;1-7,17H;1-3H;2-6H,1H3;2,4H,1,3,5H2;;3*1H/q;;;;;+3;;;/p-2. The van der Waals surface area contributed by atoms with Crippen molar-refractivity contribution in [3.05, 3.63) is 204 Å². The van der Waals surface area contributed by atoms with Crippen LogP contribution in [0.3, 0.4) is 0 Å². The number of carbonyl (C=O) groups excluding carboxylic acids is 3. The van der Waals surface area contributed by atoms with Crippen molar-refractivity contribution in [1.29, 1.82) is 0 Å². The molecule has 0 amide bonds. The Bertz CT molecular complexity index is 2550. The highest BCUT2D eigenvalue weighted by Crippen LogP contribution is 2.31. The summed E-state index contributed by atoms with van der Waals surface area (Å²) in [6.07, 6.45) is 11.7. The summed E-state index contributed by atoms with van der Waals surface area (Å²) in [7, 11) is 14.8. The van der Waals surface area contributed by atoms with Crippen molar-refractivity contribution in [3.63, 3.8) is 0 Å². The molecule has 6 aromatic carbocycles. The SMILES string of the molecule is C1=COCCC1.CSc1ccccc1.O=C(Cl)c1cc(Cl)ccc1Cl.O=C(c1ccc(S)cc1)c1cc(Cl)ccc1Cl.O=C(c1ccc(SC2CCCCO2)cc1)c1cc(Cl)ccc1Cl.[Cl][Al]([Cl])[Cl].[H+]. The van der Waals surface area contributed by atoms with E-state index in [1.165, 1.54) is 36.3 Å². The second-order valence-corrected chi connectivity index (χ2v) is 25.9. The lowest BCUT2D eigenvalue weighted by atomic mass is 10.0. The van der Waals surface area contributed by atoms with Crippen LogP contribution in [0, 0.1) is 0 Å². The molecule has 364 valence electrons. The molecular weight excluding hydrogens is 1160 g/mol. The maximum atomic E-state index is 12.5. The van der Waals surface area contributed by atoms with Crippen LogP contribution in [-0.2, 0) is 9.47 Å². The van der Waals surface area contributed by atoms with Crippen molar-refractivity contribution in [2.75, 3.05) is 19.5 Å². The number of benzene rings is 6. The summed E-state index contributed by atoms with van der Waals surface area (Å²) in [5, 5.41) is 1.95. The van der Waals surface area contributed by atoms with Crippen molar-refractivity contribution < 1.29 is 25.3 Å². The second-order valence-electron chi connectivity index (χ2n) is 13.9. The minimum absolute atomic E-state index is 0. The molecule has 0 radical (unpaired) electrons. The molecule has 1 fully saturated rings. The normalized spacial score (nSPS) is 13.2. The van der Waals surface area contributed by atoms with Crippen LogP contribution in [-0.4, -0.2) is 53.1 Å². The van der Waals surface area contributed by atoms with Gasteiger partial charge in [0.15, 0.2) is 11.6 Å². The first-order chi connectivity index (χ1) is 33.0. The summed E-state index contributed by atoms with van der Waals surface area (Å²) < 4.78 is 10.6. The monoisotopic (exact) mass is 1200 g/mol. The van der Waals surface area contributed by atoms with Gasteiger partial charge in [0.2, 0.25) is 0 Å². The Hall–Kier alpha value is -1.69. The average molecular weight is 1200 g/mol. The zero-order valence-electron chi connectivity index (χ0n) is 37.5. The van der Waals surface area contributed by atoms with Crippen molar-refractivity contribution in [1.82, 2.24) is 0 Å². The molecular formula is C50H44AlCl10O5S3+. The van der Waals surface area contributed by atoms with Gasteiger partial charge < -0.3 is 9.47 Å². The van der Waals surface area contributed by atoms with Crippen LogP contribution in [0.4, 0.5) is 0 Å². The predicted molar refractivity (Wildman–Crippen MR) is 303 cm³/mol. The molecule has 69 heavy (non-hydrogen) atoms. The predicted octanol–water partition coefficient (Wildman–Crippen LogP) is 19.2. The summed E-state index contributed by atoms with van der Waals surface area (Å²) in [5.74, 6) is -0.270. The van der Waals surface area contributed by atoms with Gasteiger partial charge in [-0.15, -0.1) is 24.4 Å². The van der Waals surface area contributed by atoms with E-state index in [1.807, 2.05) is 48.5 Å². The van der Waals surface area contributed by atoms with Gasteiger partial charge in [-0.05, 0) is 171 Å². The van der Waals surface area contributed by atoms with E-state index < -0.39 is 16.6 Å². The quantitative estimate of drug-likeness (QED) is 0.0535. The summed E-state index contributed by atoms with van der Waals surface area (Å²) in [4.78, 5) is 38.6. The van der Waals surface area contributed by atoms with E-state index in [1.54, 1.807) is 96.5 Å². The number of halogens is 10. The van der Waals surface area contributed by atoms with Crippen LogP contribution < -0.4 is 0 Å². The van der Waals surface area contributed by atoms with Gasteiger partial charge >= 0.3 is 12.8 Å². The molecule has 0 N–H and O–H groups in total. The van der Waals surface area contributed by atoms with Gasteiger partial charge in [-0.25, -0.2) is 30.1 Å². The Labute approximate surface area is 471 Å². The molecule has 6 aromatic rings. The van der Waals surface area contributed by atoms with E-state index in [9.17, 15) is 14.4 Å². The molecule has 1 unspecified atom stereocenters. The van der Waals surface area contributed by atoms with Crippen LogP contribution in [0.15, 0.2) is 160 Å². The molecule has 0 aromatic heterocycles. The van der Waals surface area contributed by atoms with Gasteiger partial charge in [-0.1, -0.05) is 99.6 Å². The maximum Gasteiger partial charge on any atom is 1.00 e. The number of ether oxygens (including phenoxy) is 2. The van der Waals surface area contributed by atoms with Crippen LogP contribution in [0.1, 0.15) is 75.7 Å². The third-order valence-electron chi connectivity index (χ3n) is 8.94. The van der Waals surface area contributed by atoms with Crippen LogP contribution in [0.2, 0.25) is 30.1 Å². The van der Waals surface area contributed by atoms with Gasteiger partial charge in [-0.3, -0.25) is 14.4 Å². The Morgan fingerprint density at radius 2 is 1.09 bits per heavy atom. The minimum atomic E-state index is -1.72. The molecule has 0 saturated carbocycles. The molecule has 1 atom stereocenters. The second kappa shape index (κ2) is 34.7. The highest BCUT2D eigenvalue weighted by Gasteiger charge is 2.17. The maximum absolute atomic E-state index is 12.5. The zero-order valence-corrected chi connectivity index (χ0v) is 47.8. The first kappa shape index (κ1) is 61.6. The Morgan fingerprint density at radius 3 is 1.45 bits per heavy atom. The van der Waals surface area contributed by atoms with Crippen molar-refractivity contribution >= 4 is 176 Å². The fourth-order valence-electron chi connectivity index (χ4n) is 5.60. The van der Waals surface area contributed by atoms with Gasteiger partial charge in [-0.2, -0.15) is 0 Å². The number of ketones is 2. The number of thioether (sulfide) groups is 2. The lowest BCUT2D eigenvalue weighted by molar-refractivity contribution is 0.0728. The third-order valence-corrected chi connectivity index (χ3v) is 13.1. The highest BCUT2D eigenvalue weighted by atomic mass is 35.8.